The molecule has 0 amide bonds. The predicted molar refractivity (Wildman–Crippen MR) is 133 cm³/mol. The molecular formula is C25H30Cl2O4S. The van der Waals surface area contributed by atoms with E-state index in [9.17, 15) is 19.8 Å². The maximum Gasteiger partial charge on any atom is 0.319 e. The Morgan fingerprint density at radius 1 is 1.00 bits per heavy atom. The van der Waals surface area contributed by atoms with Crippen LogP contribution in [-0.2, 0) is 15.8 Å². The summed E-state index contributed by atoms with van der Waals surface area (Å²) in [6.45, 7) is 11.2. The zero-order chi connectivity index (χ0) is 24.6. The van der Waals surface area contributed by atoms with Gasteiger partial charge in [0.25, 0.3) is 0 Å². The highest BCUT2D eigenvalue weighted by Gasteiger charge is 2.51. The van der Waals surface area contributed by atoms with E-state index in [1.165, 1.54) is 6.92 Å². The van der Waals surface area contributed by atoms with Crippen LogP contribution < -0.4 is 0 Å². The van der Waals surface area contributed by atoms with E-state index in [1.807, 2.05) is 27.7 Å². The summed E-state index contributed by atoms with van der Waals surface area (Å²) in [6.07, 6.45) is 0.0273. The average molecular weight is 497 g/mol. The Kier molecular flexibility index (Phi) is 7.83. The number of benzene rings is 2. The molecule has 0 spiro atoms. The summed E-state index contributed by atoms with van der Waals surface area (Å²) in [5.74, 6) is -1.35. The van der Waals surface area contributed by atoms with Crippen molar-refractivity contribution < 1.29 is 19.8 Å². The van der Waals surface area contributed by atoms with Gasteiger partial charge in [0.2, 0.25) is 0 Å². The summed E-state index contributed by atoms with van der Waals surface area (Å²) in [5.41, 5.74) is -0.693. The molecule has 0 bridgehead atoms. The third kappa shape index (κ3) is 5.17. The zero-order valence-electron chi connectivity index (χ0n) is 19.2. The van der Waals surface area contributed by atoms with Crippen LogP contribution >= 0.6 is 35.8 Å². The monoisotopic (exact) mass is 496 g/mol. The fourth-order valence-electron chi connectivity index (χ4n) is 4.10. The maximum absolute atomic E-state index is 12.0. The summed E-state index contributed by atoms with van der Waals surface area (Å²) < 4.78 is 0. The van der Waals surface area contributed by atoms with Crippen molar-refractivity contribution in [3.05, 3.63) is 68.7 Å². The molecule has 2 aromatic rings. The molecule has 0 radical (unpaired) electrons. The number of hydrogen-bond donors (Lipinski definition) is 3. The van der Waals surface area contributed by atoms with Crippen molar-refractivity contribution in [3.63, 3.8) is 0 Å². The highest BCUT2D eigenvalue weighted by Crippen LogP contribution is 2.51. The largest absolute Gasteiger partial charge is 0.480 e. The van der Waals surface area contributed by atoms with Gasteiger partial charge in [0.05, 0.1) is 0 Å². The van der Waals surface area contributed by atoms with E-state index in [2.05, 4.69) is 12.6 Å². The van der Waals surface area contributed by atoms with Gasteiger partial charge in [-0.15, -0.1) is 0 Å². The number of ketones is 1. The number of thiol groups is 1. The maximum atomic E-state index is 12.0. The van der Waals surface area contributed by atoms with Crippen molar-refractivity contribution in [3.8, 4) is 0 Å². The normalized spacial score (nSPS) is 16.7. The summed E-state index contributed by atoms with van der Waals surface area (Å²) in [6, 6.07) is 10.1. The summed E-state index contributed by atoms with van der Waals surface area (Å²) in [4.78, 5) is 23.9. The van der Waals surface area contributed by atoms with Gasteiger partial charge in [-0.1, -0.05) is 69.1 Å². The molecule has 0 saturated carbocycles. The van der Waals surface area contributed by atoms with Crippen molar-refractivity contribution >= 4 is 47.6 Å². The first-order valence-electron chi connectivity index (χ1n) is 10.2. The molecule has 2 rings (SSSR count). The molecule has 4 nitrogen and oxygen atoms in total. The highest BCUT2D eigenvalue weighted by molar-refractivity contribution is 7.81. The van der Waals surface area contributed by atoms with Gasteiger partial charge in [-0.2, -0.15) is 12.6 Å². The van der Waals surface area contributed by atoms with Gasteiger partial charge >= 0.3 is 5.97 Å². The van der Waals surface area contributed by atoms with Gasteiger partial charge in [-0.3, -0.25) is 9.59 Å². The number of aryl methyl sites for hydroxylation is 1. The van der Waals surface area contributed by atoms with Crippen LogP contribution in [0.5, 0.6) is 0 Å². The Labute approximate surface area is 205 Å². The first-order chi connectivity index (χ1) is 14.5. The molecule has 2 N–H and O–H groups in total. The Bertz CT molecular complexity index is 1030. The van der Waals surface area contributed by atoms with E-state index in [4.69, 9.17) is 23.2 Å². The third-order valence-corrected chi connectivity index (χ3v) is 7.65. The molecule has 0 aliphatic carbocycles. The Morgan fingerprint density at radius 2 is 1.53 bits per heavy atom. The van der Waals surface area contributed by atoms with E-state index in [0.29, 0.717) is 26.7 Å². The van der Waals surface area contributed by atoms with E-state index in [0.717, 1.165) is 5.56 Å². The summed E-state index contributed by atoms with van der Waals surface area (Å²) >= 11 is 16.9. The standard InChI is InChI=1S/C25H30Cl2O4S/c1-14-9-16(7-8-20(14)15(2)28)25(31,21(32)22(29)30)13-24(6,23(3,4)5)17-10-18(26)12-19(27)11-17/h7-12,21,31-32H,13H2,1-6H3,(H,29,30). The van der Waals surface area contributed by atoms with Crippen molar-refractivity contribution in [1.29, 1.82) is 0 Å². The molecular weight excluding hydrogens is 467 g/mol. The van der Waals surface area contributed by atoms with Crippen LogP contribution in [-0.4, -0.2) is 27.2 Å². The minimum Gasteiger partial charge on any atom is -0.480 e. The number of hydrogen-bond acceptors (Lipinski definition) is 4. The topological polar surface area (TPSA) is 74.6 Å². The van der Waals surface area contributed by atoms with Crippen molar-refractivity contribution in [2.75, 3.05) is 0 Å². The lowest BCUT2D eigenvalue weighted by molar-refractivity contribution is -0.143. The lowest BCUT2D eigenvalue weighted by atomic mass is 9.58. The van der Waals surface area contributed by atoms with Crippen LogP contribution in [0.25, 0.3) is 0 Å². The number of carbonyl (C=O) groups is 2. The van der Waals surface area contributed by atoms with Crippen molar-refractivity contribution in [2.24, 2.45) is 5.41 Å². The molecule has 0 aliphatic rings. The molecule has 7 heteroatoms. The predicted octanol–water partition coefficient (Wildman–Crippen LogP) is 6.47. The second-order valence-corrected chi connectivity index (χ2v) is 11.1. The SMILES string of the molecule is CC(=O)c1ccc(C(O)(CC(C)(c2cc(Cl)cc(Cl)c2)C(C)(C)C)C(S)C(=O)O)cc1C. The van der Waals surface area contributed by atoms with Gasteiger partial charge in [-0.25, -0.2) is 0 Å². The molecule has 0 fully saturated rings. The first-order valence-corrected chi connectivity index (χ1v) is 11.5. The molecule has 0 aromatic heterocycles. The quantitative estimate of drug-likeness (QED) is 0.303. The Hall–Kier alpha value is -1.53. The Morgan fingerprint density at radius 3 is 1.94 bits per heavy atom. The second-order valence-electron chi connectivity index (χ2n) is 9.67. The molecule has 0 saturated heterocycles. The zero-order valence-corrected chi connectivity index (χ0v) is 21.6. The number of aliphatic carboxylic acids is 1. The first kappa shape index (κ1) is 26.7. The molecule has 0 heterocycles. The molecule has 3 atom stereocenters. The van der Waals surface area contributed by atoms with E-state index in [-0.39, 0.29) is 12.2 Å². The number of Topliss-reactive ketones (excluding diaryl/α,β-unsaturated/α-hetero) is 1. The summed E-state index contributed by atoms with van der Waals surface area (Å²) in [7, 11) is 0. The smallest absolute Gasteiger partial charge is 0.319 e. The second kappa shape index (κ2) is 9.38. The van der Waals surface area contributed by atoms with Crippen LogP contribution in [0.1, 0.15) is 68.1 Å². The van der Waals surface area contributed by atoms with Gasteiger partial charge < -0.3 is 10.2 Å². The van der Waals surface area contributed by atoms with Crippen molar-refractivity contribution in [1.82, 2.24) is 0 Å². The molecule has 0 aliphatic heterocycles. The van der Waals surface area contributed by atoms with E-state index in [1.54, 1.807) is 43.3 Å². The molecule has 2 aromatic carbocycles. The fraction of sp³-hybridized carbons (Fsp3) is 0.440. The third-order valence-electron chi connectivity index (χ3n) is 6.57. The highest BCUT2D eigenvalue weighted by atomic mass is 35.5. The van der Waals surface area contributed by atoms with Gasteiger partial charge in [0.1, 0.15) is 10.9 Å². The van der Waals surface area contributed by atoms with Crippen LogP contribution in [0.4, 0.5) is 0 Å². The number of carboxylic acids is 1. The number of aliphatic hydroxyl groups is 1. The van der Waals surface area contributed by atoms with Crippen LogP contribution in [0.2, 0.25) is 10.0 Å². The van der Waals surface area contributed by atoms with Gasteiger partial charge in [-0.05, 0) is 60.6 Å². The van der Waals surface area contributed by atoms with Crippen LogP contribution in [0.15, 0.2) is 36.4 Å². The van der Waals surface area contributed by atoms with Gasteiger partial charge in [0, 0.05) is 21.0 Å². The Balaban J connectivity index is 2.77. The van der Waals surface area contributed by atoms with Crippen molar-refractivity contribution in [2.45, 2.75) is 64.2 Å². The van der Waals surface area contributed by atoms with E-state index >= 15 is 0 Å². The number of halogens is 2. The minimum atomic E-state index is -1.86. The molecule has 32 heavy (non-hydrogen) atoms. The molecule has 3 unspecified atom stereocenters. The molecule has 174 valence electrons. The van der Waals surface area contributed by atoms with Crippen LogP contribution in [0, 0.1) is 12.3 Å². The number of rotatable bonds is 7. The lowest BCUT2D eigenvalue weighted by Gasteiger charge is -2.48. The summed E-state index contributed by atoms with van der Waals surface area (Å²) in [5, 5.41) is 21.3. The van der Waals surface area contributed by atoms with E-state index < -0.39 is 27.7 Å². The fourth-order valence-corrected chi connectivity index (χ4v) is 4.87. The average Bonchev–Trinajstić information content (AvgIpc) is 2.64. The van der Waals surface area contributed by atoms with Gasteiger partial charge in [0.15, 0.2) is 5.78 Å². The minimum absolute atomic E-state index is 0.0273. The number of carbonyl (C=O) groups excluding carboxylic acids is 1. The number of carboxylic acid groups (broad SMARTS) is 1. The lowest BCUT2D eigenvalue weighted by Crippen LogP contribution is -2.50. The van der Waals surface area contributed by atoms with Crippen LogP contribution in [0.3, 0.4) is 0 Å².